The molecule has 0 radical (unpaired) electrons. The van der Waals surface area contributed by atoms with Crippen molar-refractivity contribution in [2.75, 3.05) is 13.7 Å². The van der Waals surface area contributed by atoms with Gasteiger partial charge in [-0.1, -0.05) is 29.8 Å². The van der Waals surface area contributed by atoms with E-state index in [-0.39, 0.29) is 6.04 Å². The minimum absolute atomic E-state index is 0.0938. The van der Waals surface area contributed by atoms with Gasteiger partial charge >= 0.3 is 0 Å². The molecule has 3 heteroatoms. The van der Waals surface area contributed by atoms with Crippen LogP contribution in [0.15, 0.2) is 24.3 Å². The third kappa shape index (κ3) is 3.66. The SMILES string of the molecule is COCC(N)CCc1ccccc1Cl. The summed E-state index contributed by atoms with van der Waals surface area (Å²) in [6.07, 6.45) is 1.81. The standard InChI is InChI=1S/C11H16ClNO/c1-14-8-10(13)7-6-9-4-2-3-5-11(9)12/h2-5,10H,6-8,13H2,1H3. The topological polar surface area (TPSA) is 35.2 Å². The molecular formula is C11H16ClNO. The Bertz CT molecular complexity index is 278. The summed E-state index contributed by atoms with van der Waals surface area (Å²) >= 11 is 6.01. The van der Waals surface area contributed by atoms with Crippen molar-refractivity contribution >= 4 is 11.6 Å². The Morgan fingerprint density at radius 3 is 2.79 bits per heavy atom. The number of nitrogens with two attached hydrogens (primary N) is 1. The minimum Gasteiger partial charge on any atom is -0.383 e. The van der Waals surface area contributed by atoms with Gasteiger partial charge in [0.25, 0.3) is 0 Å². The summed E-state index contributed by atoms with van der Waals surface area (Å²) in [4.78, 5) is 0. The van der Waals surface area contributed by atoms with Gasteiger partial charge in [0.2, 0.25) is 0 Å². The molecule has 0 aromatic heterocycles. The van der Waals surface area contributed by atoms with Gasteiger partial charge in [0.15, 0.2) is 0 Å². The number of hydrogen-bond donors (Lipinski definition) is 1. The molecule has 0 heterocycles. The number of benzene rings is 1. The highest BCUT2D eigenvalue weighted by Gasteiger charge is 2.04. The first-order chi connectivity index (χ1) is 6.74. The Balaban J connectivity index is 2.41. The molecule has 1 aromatic carbocycles. The molecule has 0 bridgehead atoms. The van der Waals surface area contributed by atoms with Crippen LogP contribution in [0.1, 0.15) is 12.0 Å². The zero-order valence-corrected chi connectivity index (χ0v) is 9.13. The summed E-state index contributed by atoms with van der Waals surface area (Å²) in [5.41, 5.74) is 6.97. The van der Waals surface area contributed by atoms with E-state index in [1.54, 1.807) is 7.11 Å². The van der Waals surface area contributed by atoms with Crippen LogP contribution >= 0.6 is 11.6 Å². The van der Waals surface area contributed by atoms with Crippen molar-refractivity contribution in [3.63, 3.8) is 0 Å². The molecule has 14 heavy (non-hydrogen) atoms. The largest absolute Gasteiger partial charge is 0.383 e. The van der Waals surface area contributed by atoms with Gasteiger partial charge in [-0.2, -0.15) is 0 Å². The van der Waals surface area contributed by atoms with E-state index in [0.717, 1.165) is 23.4 Å². The quantitative estimate of drug-likeness (QED) is 0.815. The molecule has 2 N–H and O–H groups in total. The van der Waals surface area contributed by atoms with Gasteiger partial charge in [0.1, 0.15) is 0 Å². The number of hydrogen-bond acceptors (Lipinski definition) is 2. The second kappa shape index (κ2) is 6.02. The lowest BCUT2D eigenvalue weighted by Crippen LogP contribution is -2.26. The lowest BCUT2D eigenvalue weighted by atomic mass is 10.1. The Kier molecular flexibility index (Phi) is 4.94. The van der Waals surface area contributed by atoms with Gasteiger partial charge in [-0.05, 0) is 24.5 Å². The fourth-order valence-electron chi connectivity index (χ4n) is 1.34. The molecule has 1 unspecified atom stereocenters. The predicted molar refractivity (Wildman–Crippen MR) is 59.6 cm³/mol. The monoisotopic (exact) mass is 213 g/mol. The lowest BCUT2D eigenvalue weighted by Gasteiger charge is -2.10. The van der Waals surface area contributed by atoms with E-state index < -0.39 is 0 Å². The first-order valence-electron chi connectivity index (χ1n) is 4.72. The molecule has 0 spiro atoms. The van der Waals surface area contributed by atoms with E-state index in [4.69, 9.17) is 22.1 Å². The number of aryl methyl sites for hydroxylation is 1. The number of rotatable bonds is 5. The van der Waals surface area contributed by atoms with Crippen LogP contribution in [0.3, 0.4) is 0 Å². The lowest BCUT2D eigenvalue weighted by molar-refractivity contribution is 0.177. The molecule has 0 aliphatic carbocycles. The molecule has 2 nitrogen and oxygen atoms in total. The van der Waals surface area contributed by atoms with Crippen molar-refractivity contribution in [1.29, 1.82) is 0 Å². The fraction of sp³-hybridized carbons (Fsp3) is 0.455. The van der Waals surface area contributed by atoms with E-state index >= 15 is 0 Å². The van der Waals surface area contributed by atoms with Crippen molar-refractivity contribution in [1.82, 2.24) is 0 Å². The first-order valence-corrected chi connectivity index (χ1v) is 5.09. The molecule has 0 saturated heterocycles. The second-order valence-electron chi connectivity index (χ2n) is 3.35. The van der Waals surface area contributed by atoms with Crippen LogP contribution in [-0.2, 0) is 11.2 Å². The highest BCUT2D eigenvalue weighted by atomic mass is 35.5. The van der Waals surface area contributed by atoms with E-state index in [9.17, 15) is 0 Å². The van der Waals surface area contributed by atoms with Crippen LogP contribution < -0.4 is 5.73 Å². The van der Waals surface area contributed by atoms with Crippen molar-refractivity contribution in [3.8, 4) is 0 Å². The third-order valence-corrected chi connectivity index (χ3v) is 2.49. The summed E-state index contributed by atoms with van der Waals surface area (Å²) < 4.78 is 4.96. The average Bonchev–Trinajstić information content (AvgIpc) is 2.17. The minimum atomic E-state index is 0.0938. The number of halogens is 1. The fourth-order valence-corrected chi connectivity index (χ4v) is 1.57. The van der Waals surface area contributed by atoms with Gasteiger partial charge in [0, 0.05) is 18.2 Å². The highest BCUT2D eigenvalue weighted by Crippen LogP contribution is 2.16. The van der Waals surface area contributed by atoms with Gasteiger partial charge in [-0.15, -0.1) is 0 Å². The molecule has 0 amide bonds. The Hall–Kier alpha value is -0.570. The normalized spacial score (nSPS) is 12.8. The smallest absolute Gasteiger partial charge is 0.0613 e. The van der Waals surface area contributed by atoms with Crippen LogP contribution in [0.2, 0.25) is 5.02 Å². The predicted octanol–water partition coefficient (Wildman–Crippen LogP) is 2.25. The molecule has 0 fully saturated rings. The van der Waals surface area contributed by atoms with Crippen LogP contribution in [0.4, 0.5) is 0 Å². The van der Waals surface area contributed by atoms with Gasteiger partial charge in [-0.25, -0.2) is 0 Å². The zero-order chi connectivity index (χ0) is 10.4. The van der Waals surface area contributed by atoms with Crippen LogP contribution in [0.5, 0.6) is 0 Å². The van der Waals surface area contributed by atoms with E-state index in [1.165, 1.54) is 0 Å². The van der Waals surface area contributed by atoms with Crippen LogP contribution in [0.25, 0.3) is 0 Å². The highest BCUT2D eigenvalue weighted by molar-refractivity contribution is 6.31. The summed E-state index contributed by atoms with van der Waals surface area (Å²) in [5, 5.41) is 0.817. The van der Waals surface area contributed by atoms with Crippen LogP contribution in [-0.4, -0.2) is 19.8 Å². The maximum absolute atomic E-state index is 6.01. The average molecular weight is 214 g/mol. The summed E-state index contributed by atoms with van der Waals surface area (Å²) in [7, 11) is 1.66. The Labute approximate surface area is 90.0 Å². The maximum Gasteiger partial charge on any atom is 0.0613 e. The van der Waals surface area contributed by atoms with Crippen molar-refractivity contribution in [2.45, 2.75) is 18.9 Å². The second-order valence-corrected chi connectivity index (χ2v) is 3.75. The molecule has 1 aromatic rings. The van der Waals surface area contributed by atoms with E-state index in [1.807, 2.05) is 24.3 Å². The van der Waals surface area contributed by atoms with E-state index in [2.05, 4.69) is 0 Å². The summed E-state index contributed by atoms with van der Waals surface area (Å²) in [5.74, 6) is 0. The molecule has 0 aliphatic heterocycles. The molecule has 1 rings (SSSR count). The van der Waals surface area contributed by atoms with E-state index in [0.29, 0.717) is 6.61 Å². The molecule has 0 saturated carbocycles. The van der Waals surface area contributed by atoms with Gasteiger partial charge < -0.3 is 10.5 Å². The zero-order valence-electron chi connectivity index (χ0n) is 8.37. The number of methoxy groups -OCH3 is 1. The van der Waals surface area contributed by atoms with Crippen LogP contribution in [0, 0.1) is 0 Å². The van der Waals surface area contributed by atoms with Crippen molar-refractivity contribution < 1.29 is 4.74 Å². The number of ether oxygens (including phenoxy) is 1. The third-order valence-electron chi connectivity index (χ3n) is 2.12. The Morgan fingerprint density at radius 2 is 2.14 bits per heavy atom. The van der Waals surface area contributed by atoms with Gasteiger partial charge in [-0.3, -0.25) is 0 Å². The molecular weight excluding hydrogens is 198 g/mol. The summed E-state index contributed by atoms with van der Waals surface area (Å²) in [6, 6.07) is 7.95. The molecule has 78 valence electrons. The van der Waals surface area contributed by atoms with Gasteiger partial charge in [0.05, 0.1) is 6.61 Å². The van der Waals surface area contributed by atoms with Crippen molar-refractivity contribution in [2.24, 2.45) is 5.73 Å². The summed E-state index contributed by atoms with van der Waals surface area (Å²) in [6.45, 7) is 0.602. The maximum atomic E-state index is 6.01. The Morgan fingerprint density at radius 1 is 1.43 bits per heavy atom. The molecule has 0 aliphatic rings. The molecule has 1 atom stereocenters. The van der Waals surface area contributed by atoms with Crippen molar-refractivity contribution in [3.05, 3.63) is 34.9 Å². The first kappa shape index (κ1) is 11.5.